The fourth-order valence-corrected chi connectivity index (χ4v) is 3.78. The molecule has 1 amide bonds. The van der Waals surface area contributed by atoms with Crippen molar-refractivity contribution in [1.82, 2.24) is 4.90 Å². The Bertz CT molecular complexity index is 720. The van der Waals surface area contributed by atoms with Gasteiger partial charge in [0, 0.05) is 19.5 Å². The molecule has 154 valence electrons. The van der Waals surface area contributed by atoms with E-state index in [1.54, 1.807) is 18.2 Å². The van der Waals surface area contributed by atoms with Crippen LogP contribution >= 0.6 is 0 Å². The van der Waals surface area contributed by atoms with Gasteiger partial charge in [0.1, 0.15) is 5.75 Å². The van der Waals surface area contributed by atoms with Crippen LogP contribution in [0.15, 0.2) is 24.3 Å². The van der Waals surface area contributed by atoms with Crippen LogP contribution in [0.5, 0.6) is 5.75 Å². The molecule has 27 heavy (non-hydrogen) atoms. The van der Waals surface area contributed by atoms with Crippen LogP contribution in [0.2, 0.25) is 0 Å². The van der Waals surface area contributed by atoms with Gasteiger partial charge in [0.05, 0.1) is 6.26 Å². The van der Waals surface area contributed by atoms with Crippen molar-refractivity contribution >= 4 is 16.0 Å². The van der Waals surface area contributed by atoms with Gasteiger partial charge in [-0.25, -0.2) is 0 Å². The molecule has 0 aromatic heterocycles. The van der Waals surface area contributed by atoms with E-state index in [2.05, 4.69) is 41.5 Å². The van der Waals surface area contributed by atoms with E-state index in [-0.39, 0.29) is 17.1 Å². The van der Waals surface area contributed by atoms with Gasteiger partial charge in [-0.1, -0.05) is 53.7 Å². The Balaban J connectivity index is 2.88. The molecule has 0 unspecified atom stereocenters. The SMILES string of the molecule is CC(C)CN(Cc1cccc(OS(C)(=O)=O)c1)C(=O)C[C@H](C)CC(C)(C)C. The summed E-state index contributed by atoms with van der Waals surface area (Å²) in [4.78, 5) is 14.8. The second kappa shape index (κ2) is 9.58. The van der Waals surface area contributed by atoms with Gasteiger partial charge >= 0.3 is 10.1 Å². The highest BCUT2D eigenvalue weighted by atomic mass is 32.2. The normalized spacial score (nSPS) is 13.5. The average Bonchev–Trinajstić information content (AvgIpc) is 2.42. The summed E-state index contributed by atoms with van der Waals surface area (Å²) in [6, 6.07) is 6.91. The molecular weight excluding hydrogens is 362 g/mol. The maximum Gasteiger partial charge on any atom is 0.306 e. The molecule has 0 heterocycles. The molecule has 1 atom stereocenters. The molecule has 0 bridgehead atoms. The molecule has 0 aliphatic heterocycles. The Hall–Kier alpha value is -1.56. The van der Waals surface area contributed by atoms with E-state index in [4.69, 9.17) is 4.18 Å². The average molecular weight is 398 g/mol. The number of amides is 1. The highest BCUT2D eigenvalue weighted by Crippen LogP contribution is 2.27. The van der Waals surface area contributed by atoms with Crippen molar-refractivity contribution in [2.45, 2.75) is 60.9 Å². The Morgan fingerprint density at radius 2 is 1.81 bits per heavy atom. The van der Waals surface area contributed by atoms with Gasteiger partial charge in [0.15, 0.2) is 0 Å². The van der Waals surface area contributed by atoms with Gasteiger partial charge in [-0.2, -0.15) is 8.42 Å². The summed E-state index contributed by atoms with van der Waals surface area (Å²) in [6.07, 6.45) is 2.53. The molecule has 0 N–H and O–H groups in total. The number of hydrogen-bond acceptors (Lipinski definition) is 4. The predicted molar refractivity (Wildman–Crippen MR) is 110 cm³/mol. The zero-order valence-corrected chi connectivity index (χ0v) is 18.6. The van der Waals surface area contributed by atoms with Crippen molar-refractivity contribution in [3.8, 4) is 5.75 Å². The van der Waals surface area contributed by atoms with E-state index < -0.39 is 10.1 Å². The standard InChI is InChI=1S/C21H35NO4S/c1-16(2)14-22(20(23)11-17(3)13-21(4,5)6)15-18-9-8-10-19(12-18)26-27(7,24)25/h8-10,12,16-17H,11,13-15H2,1-7H3/t17-/m0/s1. The predicted octanol–water partition coefficient (Wildman–Crippen LogP) is 4.47. The van der Waals surface area contributed by atoms with E-state index >= 15 is 0 Å². The van der Waals surface area contributed by atoms with Crippen LogP contribution in [0.1, 0.15) is 59.9 Å². The molecule has 0 fully saturated rings. The van der Waals surface area contributed by atoms with Crippen LogP contribution in [0.4, 0.5) is 0 Å². The van der Waals surface area contributed by atoms with Crippen LogP contribution in [0.3, 0.4) is 0 Å². The molecule has 1 aromatic rings. The molecule has 5 nitrogen and oxygen atoms in total. The molecule has 1 rings (SSSR count). The summed E-state index contributed by atoms with van der Waals surface area (Å²) in [5.41, 5.74) is 1.05. The van der Waals surface area contributed by atoms with Gasteiger partial charge < -0.3 is 9.08 Å². The van der Waals surface area contributed by atoms with Crippen LogP contribution < -0.4 is 4.18 Å². The summed E-state index contributed by atoms with van der Waals surface area (Å²) in [5.74, 6) is 1.07. The molecule has 6 heteroatoms. The third kappa shape index (κ3) is 10.4. The summed E-state index contributed by atoms with van der Waals surface area (Å²) in [6.45, 7) is 14.0. The first-order valence-electron chi connectivity index (χ1n) is 9.51. The fourth-order valence-electron chi connectivity index (χ4n) is 3.33. The number of carbonyl (C=O) groups is 1. The molecule has 0 aliphatic carbocycles. The Morgan fingerprint density at radius 3 is 2.33 bits per heavy atom. The summed E-state index contributed by atoms with van der Waals surface area (Å²) in [5, 5.41) is 0. The van der Waals surface area contributed by atoms with Gasteiger partial charge in [-0.15, -0.1) is 0 Å². The minimum Gasteiger partial charge on any atom is -0.383 e. The van der Waals surface area contributed by atoms with Crippen molar-refractivity contribution in [2.75, 3.05) is 12.8 Å². The fraction of sp³-hybridized carbons (Fsp3) is 0.667. The summed E-state index contributed by atoms with van der Waals surface area (Å²) in [7, 11) is -3.57. The summed E-state index contributed by atoms with van der Waals surface area (Å²) < 4.78 is 27.6. The van der Waals surface area contributed by atoms with Crippen molar-refractivity contribution in [3.63, 3.8) is 0 Å². The Morgan fingerprint density at radius 1 is 1.19 bits per heavy atom. The molecular formula is C21H35NO4S. The highest BCUT2D eigenvalue weighted by Gasteiger charge is 2.22. The topological polar surface area (TPSA) is 63.7 Å². The lowest BCUT2D eigenvalue weighted by Crippen LogP contribution is -2.35. The minimum atomic E-state index is -3.57. The molecule has 1 aromatic carbocycles. The van der Waals surface area contributed by atoms with Crippen molar-refractivity contribution in [2.24, 2.45) is 17.3 Å². The first kappa shape index (κ1) is 23.5. The largest absolute Gasteiger partial charge is 0.383 e. The maximum absolute atomic E-state index is 12.9. The van der Waals surface area contributed by atoms with Gasteiger partial charge in [-0.05, 0) is 41.4 Å². The lowest BCUT2D eigenvalue weighted by molar-refractivity contribution is -0.133. The zero-order valence-electron chi connectivity index (χ0n) is 17.8. The van der Waals surface area contributed by atoms with Crippen molar-refractivity contribution in [1.29, 1.82) is 0 Å². The molecule has 0 saturated carbocycles. The quantitative estimate of drug-likeness (QED) is 0.577. The van der Waals surface area contributed by atoms with E-state index in [9.17, 15) is 13.2 Å². The number of carbonyl (C=O) groups excluding carboxylic acids is 1. The number of rotatable bonds is 9. The van der Waals surface area contributed by atoms with Crippen LogP contribution in [-0.2, 0) is 21.5 Å². The molecule has 0 saturated heterocycles. The number of hydrogen-bond donors (Lipinski definition) is 0. The Kier molecular flexibility index (Phi) is 8.33. The second-order valence-corrected chi connectivity index (χ2v) is 10.8. The zero-order chi connectivity index (χ0) is 20.8. The van der Waals surface area contributed by atoms with Crippen LogP contribution in [0.25, 0.3) is 0 Å². The lowest BCUT2D eigenvalue weighted by Gasteiger charge is -2.28. The van der Waals surface area contributed by atoms with Crippen molar-refractivity contribution in [3.05, 3.63) is 29.8 Å². The van der Waals surface area contributed by atoms with E-state index in [0.29, 0.717) is 31.3 Å². The third-order valence-corrected chi connectivity index (χ3v) is 4.44. The second-order valence-electron chi connectivity index (χ2n) is 9.18. The van der Waals surface area contributed by atoms with Crippen LogP contribution in [0, 0.1) is 17.3 Å². The van der Waals surface area contributed by atoms with Gasteiger partial charge in [0.25, 0.3) is 0 Å². The maximum atomic E-state index is 12.9. The first-order chi connectivity index (χ1) is 12.2. The van der Waals surface area contributed by atoms with E-state index in [1.807, 2.05) is 11.0 Å². The Labute approximate surface area is 165 Å². The smallest absolute Gasteiger partial charge is 0.306 e. The van der Waals surface area contributed by atoms with Crippen LogP contribution in [-0.4, -0.2) is 32.0 Å². The van der Waals surface area contributed by atoms with Crippen molar-refractivity contribution < 1.29 is 17.4 Å². The summed E-state index contributed by atoms with van der Waals surface area (Å²) >= 11 is 0. The molecule has 0 radical (unpaired) electrons. The van der Waals surface area contributed by atoms with E-state index in [0.717, 1.165) is 18.2 Å². The van der Waals surface area contributed by atoms with Gasteiger partial charge in [0.2, 0.25) is 5.91 Å². The first-order valence-corrected chi connectivity index (χ1v) is 11.3. The monoisotopic (exact) mass is 397 g/mol. The number of nitrogens with zero attached hydrogens (tertiary/aromatic N) is 1. The highest BCUT2D eigenvalue weighted by molar-refractivity contribution is 7.86. The molecule has 0 aliphatic rings. The third-order valence-electron chi connectivity index (χ3n) is 3.94. The minimum absolute atomic E-state index is 0.134. The lowest BCUT2D eigenvalue weighted by atomic mass is 9.84. The van der Waals surface area contributed by atoms with Gasteiger partial charge in [-0.3, -0.25) is 4.79 Å². The number of benzene rings is 1. The molecule has 0 spiro atoms. The van der Waals surface area contributed by atoms with E-state index in [1.165, 1.54) is 0 Å².